The van der Waals surface area contributed by atoms with E-state index in [0.29, 0.717) is 5.39 Å². The van der Waals surface area contributed by atoms with Crippen LogP contribution in [0.4, 0.5) is 13.2 Å². The lowest BCUT2D eigenvalue weighted by Gasteiger charge is -2.19. The van der Waals surface area contributed by atoms with Crippen molar-refractivity contribution in [1.82, 2.24) is 0 Å². The number of aryl methyl sites for hydroxylation is 1. The lowest BCUT2D eigenvalue weighted by Crippen LogP contribution is -2.28. The predicted octanol–water partition coefficient (Wildman–Crippen LogP) is 5.91. The zero-order valence-corrected chi connectivity index (χ0v) is 13.5. The molecule has 2 N–H and O–H groups in total. The van der Waals surface area contributed by atoms with Gasteiger partial charge in [0.1, 0.15) is 6.04 Å². The largest absolute Gasteiger partial charge is 0.407 e. The molecule has 0 aliphatic heterocycles. The van der Waals surface area contributed by atoms with Gasteiger partial charge in [0.05, 0.1) is 0 Å². The third-order valence-corrected chi connectivity index (χ3v) is 4.29. The van der Waals surface area contributed by atoms with Crippen molar-refractivity contribution in [3.8, 4) is 0 Å². The van der Waals surface area contributed by atoms with Crippen LogP contribution in [0.2, 0.25) is 0 Å². The van der Waals surface area contributed by atoms with E-state index in [-0.39, 0.29) is 5.56 Å². The summed E-state index contributed by atoms with van der Waals surface area (Å²) in [5.41, 5.74) is 6.68. The molecule has 2 rings (SSSR count). The second-order valence-corrected chi connectivity index (χ2v) is 6.04. The molecule has 0 spiro atoms. The van der Waals surface area contributed by atoms with Crippen LogP contribution in [-0.4, -0.2) is 6.18 Å². The fraction of sp³-hybridized carbons (Fsp3) is 0.474. The zero-order chi connectivity index (χ0) is 16.9. The zero-order valence-electron chi connectivity index (χ0n) is 13.5. The number of hydrogen-bond donors (Lipinski definition) is 1. The van der Waals surface area contributed by atoms with E-state index in [2.05, 4.69) is 6.92 Å². The van der Waals surface area contributed by atoms with Gasteiger partial charge in [0.15, 0.2) is 0 Å². The van der Waals surface area contributed by atoms with E-state index in [9.17, 15) is 13.2 Å². The molecule has 4 heteroatoms. The van der Waals surface area contributed by atoms with E-state index in [1.54, 1.807) is 18.2 Å². The number of benzene rings is 2. The molecule has 0 amide bonds. The van der Waals surface area contributed by atoms with Crippen molar-refractivity contribution >= 4 is 10.8 Å². The highest BCUT2D eigenvalue weighted by molar-refractivity contribution is 5.89. The highest BCUT2D eigenvalue weighted by atomic mass is 19.4. The Balaban J connectivity index is 2.25. The molecule has 0 aliphatic rings. The minimum absolute atomic E-state index is 0.155. The van der Waals surface area contributed by atoms with E-state index < -0.39 is 12.2 Å². The molecule has 0 unspecified atom stereocenters. The van der Waals surface area contributed by atoms with Crippen molar-refractivity contribution in [2.24, 2.45) is 5.73 Å². The molecule has 1 atom stereocenters. The molecule has 0 saturated carbocycles. The van der Waals surface area contributed by atoms with Gasteiger partial charge in [-0.1, -0.05) is 69.0 Å². The van der Waals surface area contributed by atoms with Gasteiger partial charge >= 0.3 is 6.18 Å². The number of halogens is 3. The van der Waals surface area contributed by atoms with Gasteiger partial charge < -0.3 is 5.73 Å². The number of rotatable bonds is 7. The van der Waals surface area contributed by atoms with Gasteiger partial charge in [-0.25, -0.2) is 0 Å². The Bertz CT molecular complexity index is 634. The predicted molar refractivity (Wildman–Crippen MR) is 89.4 cm³/mol. The van der Waals surface area contributed by atoms with Crippen LogP contribution in [0.3, 0.4) is 0 Å². The minimum Gasteiger partial charge on any atom is -0.316 e. The molecule has 126 valence electrons. The van der Waals surface area contributed by atoms with Gasteiger partial charge in [-0.15, -0.1) is 0 Å². The maximum atomic E-state index is 13.0. The molecule has 0 radical (unpaired) electrons. The standard InChI is InChI=1S/C19H24F3N/c1-2-3-4-5-6-9-14-12-13-17(18(23)19(20,21)22)16-11-8-7-10-15(14)16/h7-8,10-13,18H,2-6,9,23H2,1H3/t18-/m0/s1. The molecule has 0 saturated heterocycles. The second-order valence-electron chi connectivity index (χ2n) is 6.04. The Morgan fingerprint density at radius 1 is 0.913 bits per heavy atom. The minimum atomic E-state index is -4.43. The normalized spacial score (nSPS) is 13.4. The number of nitrogens with two attached hydrogens (primary N) is 1. The Hall–Kier alpha value is -1.55. The van der Waals surface area contributed by atoms with Crippen LogP contribution in [0.15, 0.2) is 36.4 Å². The molecule has 2 aromatic carbocycles. The molecule has 0 heterocycles. The monoisotopic (exact) mass is 323 g/mol. The average Bonchev–Trinajstić information content (AvgIpc) is 2.53. The highest BCUT2D eigenvalue weighted by Gasteiger charge is 2.38. The Morgan fingerprint density at radius 3 is 2.22 bits per heavy atom. The van der Waals surface area contributed by atoms with Crippen LogP contribution >= 0.6 is 0 Å². The molecule has 2 aromatic rings. The van der Waals surface area contributed by atoms with E-state index in [1.807, 2.05) is 18.2 Å². The van der Waals surface area contributed by atoms with Crippen molar-refractivity contribution in [1.29, 1.82) is 0 Å². The summed E-state index contributed by atoms with van der Waals surface area (Å²) in [5.74, 6) is 0. The van der Waals surface area contributed by atoms with Crippen LogP contribution in [0.1, 0.15) is 56.2 Å². The molecule has 0 bridgehead atoms. The van der Waals surface area contributed by atoms with Crippen LogP contribution in [0.5, 0.6) is 0 Å². The number of fused-ring (bicyclic) bond motifs is 1. The van der Waals surface area contributed by atoms with Crippen LogP contribution in [0.25, 0.3) is 10.8 Å². The van der Waals surface area contributed by atoms with Gasteiger partial charge in [-0.2, -0.15) is 13.2 Å². The fourth-order valence-electron chi connectivity index (χ4n) is 2.97. The first-order chi connectivity index (χ1) is 10.9. The van der Waals surface area contributed by atoms with E-state index >= 15 is 0 Å². The van der Waals surface area contributed by atoms with Crippen molar-refractivity contribution in [2.75, 3.05) is 0 Å². The van der Waals surface area contributed by atoms with Crippen molar-refractivity contribution in [2.45, 2.75) is 57.7 Å². The fourth-order valence-corrected chi connectivity index (χ4v) is 2.97. The summed E-state index contributed by atoms with van der Waals surface area (Å²) in [6, 6.07) is 8.67. The van der Waals surface area contributed by atoms with Gasteiger partial charge in [0.25, 0.3) is 0 Å². The second kappa shape index (κ2) is 7.82. The molecule has 1 nitrogen and oxygen atoms in total. The maximum Gasteiger partial charge on any atom is 0.407 e. The molecule has 0 aromatic heterocycles. The van der Waals surface area contributed by atoms with Gasteiger partial charge in [0.2, 0.25) is 0 Å². The van der Waals surface area contributed by atoms with Gasteiger partial charge in [0, 0.05) is 0 Å². The first-order valence-corrected chi connectivity index (χ1v) is 8.28. The number of alkyl halides is 3. The highest BCUT2D eigenvalue weighted by Crippen LogP contribution is 2.35. The number of unbranched alkanes of at least 4 members (excludes halogenated alkanes) is 4. The van der Waals surface area contributed by atoms with Crippen molar-refractivity contribution in [3.63, 3.8) is 0 Å². The van der Waals surface area contributed by atoms with E-state index in [4.69, 9.17) is 5.73 Å². The van der Waals surface area contributed by atoms with Crippen LogP contribution < -0.4 is 5.73 Å². The summed E-state index contributed by atoms with van der Waals surface area (Å²) in [5, 5.41) is 1.50. The topological polar surface area (TPSA) is 26.0 Å². The summed E-state index contributed by atoms with van der Waals surface area (Å²) >= 11 is 0. The number of hydrogen-bond acceptors (Lipinski definition) is 1. The van der Waals surface area contributed by atoms with Crippen molar-refractivity contribution < 1.29 is 13.2 Å². The third-order valence-electron chi connectivity index (χ3n) is 4.29. The lowest BCUT2D eigenvalue weighted by atomic mass is 9.93. The summed E-state index contributed by atoms with van der Waals surface area (Å²) < 4.78 is 38.9. The summed E-state index contributed by atoms with van der Waals surface area (Å²) in [7, 11) is 0. The Labute approximate surface area is 135 Å². The van der Waals surface area contributed by atoms with Crippen LogP contribution in [0, 0.1) is 0 Å². The molecule has 0 aliphatic carbocycles. The molecule has 0 fully saturated rings. The first kappa shape index (κ1) is 17.8. The molecule has 23 heavy (non-hydrogen) atoms. The lowest BCUT2D eigenvalue weighted by molar-refractivity contribution is -0.148. The van der Waals surface area contributed by atoms with Crippen LogP contribution in [-0.2, 0) is 6.42 Å². The average molecular weight is 323 g/mol. The van der Waals surface area contributed by atoms with Crippen molar-refractivity contribution in [3.05, 3.63) is 47.5 Å². The SMILES string of the molecule is CCCCCCCc1ccc([C@H](N)C(F)(F)F)c2ccccc12. The van der Waals surface area contributed by atoms with Gasteiger partial charge in [-0.3, -0.25) is 0 Å². The summed E-state index contributed by atoms with van der Waals surface area (Å²) in [6.07, 6.45) is 2.34. The maximum absolute atomic E-state index is 13.0. The summed E-state index contributed by atoms with van der Waals surface area (Å²) in [4.78, 5) is 0. The Morgan fingerprint density at radius 2 is 1.57 bits per heavy atom. The van der Waals surface area contributed by atoms with E-state index in [1.165, 1.54) is 19.3 Å². The molecular formula is C19H24F3N. The van der Waals surface area contributed by atoms with Gasteiger partial charge in [-0.05, 0) is 34.7 Å². The third kappa shape index (κ3) is 4.47. The Kier molecular flexibility index (Phi) is 6.05. The first-order valence-electron chi connectivity index (χ1n) is 8.28. The quantitative estimate of drug-likeness (QED) is 0.629. The smallest absolute Gasteiger partial charge is 0.316 e. The summed E-state index contributed by atoms with van der Waals surface area (Å²) in [6.45, 7) is 2.18. The van der Waals surface area contributed by atoms with E-state index in [0.717, 1.165) is 30.2 Å². The molecular weight excluding hydrogens is 299 g/mol.